The fraction of sp³-hybridized carbons (Fsp3) is 0.276. The van der Waals surface area contributed by atoms with Gasteiger partial charge in [-0.15, -0.1) is 0 Å². The number of hydrogen-bond acceptors (Lipinski definition) is 3. The van der Waals surface area contributed by atoms with Crippen LogP contribution < -0.4 is 5.32 Å². The van der Waals surface area contributed by atoms with Crippen LogP contribution in [0, 0.1) is 5.92 Å². The van der Waals surface area contributed by atoms with E-state index >= 15 is 0 Å². The van der Waals surface area contributed by atoms with Crippen molar-refractivity contribution in [3.05, 3.63) is 107 Å². The molecular weight excluding hydrogens is 424 g/mol. The molecule has 1 aliphatic heterocycles. The fourth-order valence-electron chi connectivity index (χ4n) is 5.30. The molecular formula is C29H28N2O3. The molecule has 5 nitrogen and oxygen atoms in total. The van der Waals surface area contributed by atoms with Crippen LogP contribution in [-0.4, -0.2) is 28.7 Å². The van der Waals surface area contributed by atoms with Gasteiger partial charge in [0, 0.05) is 6.42 Å². The van der Waals surface area contributed by atoms with Crippen LogP contribution in [-0.2, 0) is 11.2 Å². The second-order valence-electron chi connectivity index (χ2n) is 9.17. The minimum Gasteiger partial charge on any atom is -0.347 e. The maximum atomic E-state index is 13.9. The highest BCUT2D eigenvalue weighted by atomic mass is 16.2. The standard InChI is InChI=1S/C29H28N2O3/c32-27(30-26(22-15-7-8-16-22)21-13-5-2-6-14-21)25(19-20-11-3-1-4-12-20)31-28(33)23-17-9-10-18-24(23)29(31)34/h1-6,9-14,17-18,22,25-26H,7-8,15-16,19H2,(H,30,32)/t25-,26-/m1/s1. The summed E-state index contributed by atoms with van der Waals surface area (Å²) in [6.07, 6.45) is 4.67. The largest absolute Gasteiger partial charge is 0.347 e. The van der Waals surface area contributed by atoms with Crippen molar-refractivity contribution in [2.75, 3.05) is 0 Å². The molecule has 1 heterocycles. The predicted octanol–water partition coefficient (Wildman–Crippen LogP) is 4.94. The Balaban J connectivity index is 1.48. The fourth-order valence-corrected chi connectivity index (χ4v) is 5.30. The van der Waals surface area contributed by atoms with Gasteiger partial charge in [0.2, 0.25) is 5.91 Å². The molecule has 5 heteroatoms. The minimum absolute atomic E-state index is 0.148. The number of benzene rings is 3. The summed E-state index contributed by atoms with van der Waals surface area (Å²) in [6, 6.07) is 25.3. The van der Waals surface area contributed by atoms with Crippen LogP contribution in [0.15, 0.2) is 84.9 Å². The molecule has 172 valence electrons. The number of carbonyl (C=O) groups is 3. The number of hydrogen-bond donors (Lipinski definition) is 1. The van der Waals surface area contributed by atoms with Gasteiger partial charge < -0.3 is 5.32 Å². The summed E-state index contributed by atoms with van der Waals surface area (Å²) in [5, 5.41) is 3.26. The van der Waals surface area contributed by atoms with Crippen LogP contribution in [0.25, 0.3) is 0 Å². The first kappa shape index (κ1) is 22.1. The van der Waals surface area contributed by atoms with Crippen LogP contribution in [0.3, 0.4) is 0 Å². The molecule has 0 spiro atoms. The Morgan fingerprint density at radius 3 is 1.91 bits per heavy atom. The van der Waals surface area contributed by atoms with Crippen molar-refractivity contribution in [3.8, 4) is 0 Å². The third kappa shape index (κ3) is 4.26. The monoisotopic (exact) mass is 452 g/mol. The Kier molecular flexibility index (Phi) is 6.26. The lowest BCUT2D eigenvalue weighted by Gasteiger charge is -2.30. The molecule has 3 aromatic rings. The van der Waals surface area contributed by atoms with Crippen molar-refractivity contribution in [3.63, 3.8) is 0 Å². The Labute approximate surface area is 199 Å². The zero-order valence-electron chi connectivity index (χ0n) is 19.0. The first-order valence-electron chi connectivity index (χ1n) is 12.0. The molecule has 0 bridgehead atoms. The zero-order valence-corrected chi connectivity index (χ0v) is 19.0. The predicted molar refractivity (Wildman–Crippen MR) is 130 cm³/mol. The van der Waals surface area contributed by atoms with Crippen molar-refractivity contribution in [2.45, 2.75) is 44.2 Å². The van der Waals surface area contributed by atoms with Gasteiger partial charge in [0.05, 0.1) is 17.2 Å². The van der Waals surface area contributed by atoms with Crippen LogP contribution in [0.4, 0.5) is 0 Å². The van der Waals surface area contributed by atoms with Crippen LogP contribution in [0.5, 0.6) is 0 Å². The molecule has 3 amide bonds. The van der Waals surface area contributed by atoms with Crippen molar-refractivity contribution >= 4 is 17.7 Å². The summed E-state index contributed by atoms with van der Waals surface area (Å²) in [5.41, 5.74) is 2.67. The normalized spacial score (nSPS) is 17.5. The third-order valence-electron chi connectivity index (χ3n) is 7.04. The maximum absolute atomic E-state index is 13.9. The van der Waals surface area contributed by atoms with E-state index in [1.54, 1.807) is 24.3 Å². The summed E-state index contributed by atoms with van der Waals surface area (Å²) in [4.78, 5) is 41.6. The Hall–Kier alpha value is -3.73. The number of fused-ring (bicyclic) bond motifs is 1. The molecule has 1 saturated carbocycles. The van der Waals surface area contributed by atoms with E-state index < -0.39 is 17.9 Å². The van der Waals surface area contributed by atoms with Gasteiger partial charge >= 0.3 is 0 Å². The van der Waals surface area contributed by atoms with Crippen molar-refractivity contribution in [2.24, 2.45) is 5.92 Å². The van der Waals surface area contributed by atoms with E-state index in [-0.39, 0.29) is 18.4 Å². The number of imide groups is 1. The second-order valence-corrected chi connectivity index (χ2v) is 9.17. The van der Waals surface area contributed by atoms with Crippen molar-refractivity contribution < 1.29 is 14.4 Å². The van der Waals surface area contributed by atoms with Gasteiger partial charge in [-0.3, -0.25) is 19.3 Å². The van der Waals surface area contributed by atoms with Crippen molar-refractivity contribution in [1.82, 2.24) is 10.2 Å². The SMILES string of the molecule is O=C(N[C@H](c1ccccc1)C1CCCC1)[C@@H](Cc1ccccc1)N1C(=O)c2ccccc2C1=O. The molecule has 0 saturated heterocycles. The van der Waals surface area contributed by atoms with E-state index in [0.717, 1.165) is 41.7 Å². The molecule has 1 fully saturated rings. The lowest BCUT2D eigenvalue weighted by Crippen LogP contribution is -2.52. The molecule has 0 radical (unpaired) electrons. The van der Waals surface area contributed by atoms with Crippen LogP contribution in [0.1, 0.15) is 63.6 Å². The summed E-state index contributed by atoms with van der Waals surface area (Å²) >= 11 is 0. The number of nitrogens with zero attached hydrogens (tertiary/aromatic N) is 1. The van der Waals surface area contributed by atoms with Gasteiger partial charge in [0.1, 0.15) is 6.04 Å². The van der Waals surface area contributed by atoms with E-state index in [1.807, 2.05) is 60.7 Å². The van der Waals surface area contributed by atoms with Gasteiger partial charge in [0.15, 0.2) is 0 Å². The number of rotatable bonds is 7. The first-order chi connectivity index (χ1) is 16.6. The van der Waals surface area contributed by atoms with Gasteiger partial charge in [-0.05, 0) is 42.0 Å². The number of amides is 3. The quantitative estimate of drug-likeness (QED) is 0.516. The number of nitrogens with one attached hydrogen (secondary N) is 1. The van der Waals surface area contributed by atoms with Gasteiger partial charge in [-0.2, -0.15) is 0 Å². The van der Waals surface area contributed by atoms with Crippen LogP contribution in [0.2, 0.25) is 0 Å². The first-order valence-corrected chi connectivity index (χ1v) is 12.0. The second kappa shape index (κ2) is 9.64. The molecule has 2 aliphatic rings. The Morgan fingerprint density at radius 1 is 0.794 bits per heavy atom. The van der Waals surface area contributed by atoms with Crippen molar-refractivity contribution in [1.29, 1.82) is 0 Å². The van der Waals surface area contributed by atoms with Gasteiger partial charge in [-0.25, -0.2) is 0 Å². The van der Waals surface area contributed by atoms with E-state index in [1.165, 1.54) is 0 Å². The molecule has 1 N–H and O–H groups in total. The molecule has 2 atom stereocenters. The highest BCUT2D eigenvalue weighted by molar-refractivity contribution is 6.22. The van der Waals surface area contributed by atoms with E-state index in [0.29, 0.717) is 17.0 Å². The average Bonchev–Trinajstić information content (AvgIpc) is 3.50. The lowest BCUT2D eigenvalue weighted by molar-refractivity contribution is -0.126. The highest BCUT2D eigenvalue weighted by Gasteiger charge is 2.43. The Bertz CT molecular complexity index is 1150. The Morgan fingerprint density at radius 2 is 1.32 bits per heavy atom. The third-order valence-corrected chi connectivity index (χ3v) is 7.04. The molecule has 1 aliphatic carbocycles. The smallest absolute Gasteiger partial charge is 0.262 e. The average molecular weight is 453 g/mol. The summed E-state index contributed by atoms with van der Waals surface area (Å²) in [7, 11) is 0. The van der Waals surface area contributed by atoms with Gasteiger partial charge in [0.25, 0.3) is 11.8 Å². The topological polar surface area (TPSA) is 66.5 Å². The maximum Gasteiger partial charge on any atom is 0.262 e. The minimum atomic E-state index is -0.928. The summed E-state index contributed by atoms with van der Waals surface area (Å²) in [5.74, 6) is -0.771. The molecule has 3 aromatic carbocycles. The van der Waals surface area contributed by atoms with E-state index in [4.69, 9.17) is 0 Å². The van der Waals surface area contributed by atoms with Crippen LogP contribution >= 0.6 is 0 Å². The lowest BCUT2D eigenvalue weighted by atomic mass is 9.91. The summed E-state index contributed by atoms with van der Waals surface area (Å²) < 4.78 is 0. The van der Waals surface area contributed by atoms with E-state index in [2.05, 4.69) is 5.32 Å². The summed E-state index contributed by atoms with van der Waals surface area (Å²) in [6.45, 7) is 0. The highest BCUT2D eigenvalue weighted by Crippen LogP contribution is 2.36. The molecule has 5 rings (SSSR count). The zero-order chi connectivity index (χ0) is 23.5. The van der Waals surface area contributed by atoms with Gasteiger partial charge in [-0.1, -0.05) is 85.6 Å². The molecule has 0 aromatic heterocycles. The molecule has 0 unspecified atom stereocenters. The number of carbonyl (C=O) groups excluding carboxylic acids is 3. The molecule has 34 heavy (non-hydrogen) atoms. The van der Waals surface area contributed by atoms with E-state index in [9.17, 15) is 14.4 Å².